The highest BCUT2D eigenvalue weighted by atomic mass is 16.2. The van der Waals surface area contributed by atoms with E-state index in [1.54, 1.807) is 11.8 Å². The Morgan fingerprint density at radius 2 is 2.00 bits per heavy atom. The fourth-order valence-electron chi connectivity index (χ4n) is 2.13. The summed E-state index contributed by atoms with van der Waals surface area (Å²) < 4.78 is 0. The standard InChI is InChI=1S/C14H18N2O2/c1-11-14(18)16(10-8-13(17)15-11)9-7-12-5-3-2-4-6-12/h2-6,11H,7-10H2,1H3,(H,15,17). The molecule has 4 nitrogen and oxygen atoms in total. The average Bonchev–Trinajstić information content (AvgIpc) is 2.50. The van der Waals surface area contributed by atoms with Crippen LogP contribution in [0.5, 0.6) is 0 Å². The zero-order chi connectivity index (χ0) is 13.0. The van der Waals surface area contributed by atoms with Gasteiger partial charge in [-0.25, -0.2) is 0 Å². The number of carbonyl (C=O) groups is 2. The third-order valence-electron chi connectivity index (χ3n) is 3.18. The molecule has 1 atom stereocenters. The van der Waals surface area contributed by atoms with E-state index in [4.69, 9.17) is 0 Å². The van der Waals surface area contributed by atoms with Crippen molar-refractivity contribution < 1.29 is 9.59 Å². The van der Waals surface area contributed by atoms with Crippen molar-refractivity contribution in [3.63, 3.8) is 0 Å². The Morgan fingerprint density at radius 3 is 2.72 bits per heavy atom. The lowest BCUT2D eigenvalue weighted by molar-refractivity contribution is -0.133. The second-order valence-electron chi connectivity index (χ2n) is 4.60. The van der Waals surface area contributed by atoms with Gasteiger partial charge in [-0.2, -0.15) is 0 Å². The Kier molecular flexibility index (Phi) is 3.97. The van der Waals surface area contributed by atoms with Gasteiger partial charge in [0.2, 0.25) is 11.8 Å². The van der Waals surface area contributed by atoms with Gasteiger partial charge in [-0.15, -0.1) is 0 Å². The molecule has 1 heterocycles. The molecule has 1 N–H and O–H groups in total. The number of amides is 2. The predicted octanol–water partition coefficient (Wildman–Crippen LogP) is 0.966. The molecule has 0 aliphatic carbocycles. The number of hydrogen-bond acceptors (Lipinski definition) is 2. The molecule has 1 fully saturated rings. The molecule has 0 saturated carbocycles. The largest absolute Gasteiger partial charge is 0.345 e. The van der Waals surface area contributed by atoms with Crippen molar-refractivity contribution in [1.82, 2.24) is 10.2 Å². The maximum Gasteiger partial charge on any atom is 0.244 e. The highest BCUT2D eigenvalue weighted by Gasteiger charge is 2.25. The van der Waals surface area contributed by atoms with Crippen LogP contribution in [0.4, 0.5) is 0 Å². The molecule has 1 unspecified atom stereocenters. The summed E-state index contributed by atoms with van der Waals surface area (Å²) in [7, 11) is 0. The summed E-state index contributed by atoms with van der Waals surface area (Å²) in [5.41, 5.74) is 1.21. The summed E-state index contributed by atoms with van der Waals surface area (Å²) in [4.78, 5) is 25.2. The predicted molar refractivity (Wildman–Crippen MR) is 68.9 cm³/mol. The van der Waals surface area contributed by atoms with Crippen molar-refractivity contribution in [3.8, 4) is 0 Å². The smallest absolute Gasteiger partial charge is 0.244 e. The van der Waals surface area contributed by atoms with Gasteiger partial charge < -0.3 is 10.2 Å². The van der Waals surface area contributed by atoms with Crippen molar-refractivity contribution in [1.29, 1.82) is 0 Å². The van der Waals surface area contributed by atoms with E-state index in [9.17, 15) is 9.59 Å². The normalized spacial score (nSPS) is 20.5. The molecule has 0 aromatic heterocycles. The summed E-state index contributed by atoms with van der Waals surface area (Å²) >= 11 is 0. The number of nitrogens with one attached hydrogen (secondary N) is 1. The van der Waals surface area contributed by atoms with Gasteiger partial charge in [0.05, 0.1) is 0 Å². The van der Waals surface area contributed by atoms with Crippen LogP contribution in [0.1, 0.15) is 18.9 Å². The number of benzene rings is 1. The first-order chi connectivity index (χ1) is 8.66. The molecule has 0 bridgehead atoms. The fraction of sp³-hybridized carbons (Fsp3) is 0.429. The van der Waals surface area contributed by atoms with E-state index in [0.29, 0.717) is 19.5 Å². The van der Waals surface area contributed by atoms with Crippen LogP contribution in [-0.2, 0) is 16.0 Å². The van der Waals surface area contributed by atoms with E-state index in [-0.39, 0.29) is 11.8 Å². The first kappa shape index (κ1) is 12.6. The second kappa shape index (κ2) is 5.67. The van der Waals surface area contributed by atoms with Crippen LogP contribution in [0.3, 0.4) is 0 Å². The van der Waals surface area contributed by atoms with Crippen LogP contribution >= 0.6 is 0 Å². The zero-order valence-corrected chi connectivity index (χ0v) is 10.6. The zero-order valence-electron chi connectivity index (χ0n) is 10.6. The van der Waals surface area contributed by atoms with Crippen molar-refractivity contribution in [3.05, 3.63) is 35.9 Å². The van der Waals surface area contributed by atoms with E-state index in [2.05, 4.69) is 17.4 Å². The van der Waals surface area contributed by atoms with E-state index >= 15 is 0 Å². The van der Waals surface area contributed by atoms with Gasteiger partial charge in [0, 0.05) is 19.5 Å². The summed E-state index contributed by atoms with van der Waals surface area (Å²) in [6.45, 7) is 2.92. The van der Waals surface area contributed by atoms with Gasteiger partial charge >= 0.3 is 0 Å². The highest BCUT2D eigenvalue weighted by molar-refractivity contribution is 5.89. The summed E-state index contributed by atoms with van der Waals surface area (Å²) in [5, 5.41) is 2.69. The van der Waals surface area contributed by atoms with Gasteiger partial charge in [0.1, 0.15) is 6.04 Å². The molecule has 18 heavy (non-hydrogen) atoms. The van der Waals surface area contributed by atoms with E-state index in [0.717, 1.165) is 6.42 Å². The van der Waals surface area contributed by atoms with Crippen LogP contribution in [-0.4, -0.2) is 35.8 Å². The first-order valence-corrected chi connectivity index (χ1v) is 6.29. The van der Waals surface area contributed by atoms with Crippen LogP contribution in [0.2, 0.25) is 0 Å². The SMILES string of the molecule is CC1NC(=O)CCN(CCc2ccccc2)C1=O. The van der Waals surface area contributed by atoms with Gasteiger partial charge in [-0.05, 0) is 18.9 Å². The van der Waals surface area contributed by atoms with Crippen molar-refractivity contribution in [2.75, 3.05) is 13.1 Å². The van der Waals surface area contributed by atoms with Crippen molar-refractivity contribution >= 4 is 11.8 Å². The number of rotatable bonds is 3. The minimum absolute atomic E-state index is 0.0109. The van der Waals surface area contributed by atoms with Gasteiger partial charge in [0.25, 0.3) is 0 Å². The molecular weight excluding hydrogens is 228 g/mol. The third kappa shape index (κ3) is 3.09. The Bertz CT molecular complexity index is 431. The Hall–Kier alpha value is -1.84. The first-order valence-electron chi connectivity index (χ1n) is 6.29. The Morgan fingerprint density at radius 1 is 1.28 bits per heavy atom. The van der Waals surface area contributed by atoms with Crippen LogP contribution in [0.25, 0.3) is 0 Å². The quantitative estimate of drug-likeness (QED) is 0.864. The van der Waals surface area contributed by atoms with E-state index in [1.807, 2.05) is 18.2 Å². The van der Waals surface area contributed by atoms with E-state index in [1.165, 1.54) is 5.56 Å². The van der Waals surface area contributed by atoms with Crippen molar-refractivity contribution in [2.45, 2.75) is 25.8 Å². The Labute approximate surface area is 107 Å². The maximum atomic E-state index is 12.0. The highest BCUT2D eigenvalue weighted by Crippen LogP contribution is 2.06. The molecule has 96 valence electrons. The lowest BCUT2D eigenvalue weighted by atomic mass is 10.1. The molecule has 2 amide bonds. The number of carbonyl (C=O) groups excluding carboxylic acids is 2. The summed E-state index contributed by atoms with van der Waals surface area (Å²) in [6.07, 6.45) is 1.22. The topological polar surface area (TPSA) is 49.4 Å². The number of nitrogens with zero attached hydrogens (tertiary/aromatic N) is 1. The molecule has 1 saturated heterocycles. The molecular formula is C14H18N2O2. The third-order valence-corrected chi connectivity index (χ3v) is 3.18. The van der Waals surface area contributed by atoms with Crippen LogP contribution in [0.15, 0.2) is 30.3 Å². The second-order valence-corrected chi connectivity index (χ2v) is 4.60. The van der Waals surface area contributed by atoms with E-state index < -0.39 is 6.04 Å². The molecule has 1 aromatic rings. The lowest BCUT2D eigenvalue weighted by Gasteiger charge is -2.22. The van der Waals surface area contributed by atoms with Gasteiger partial charge in [-0.1, -0.05) is 30.3 Å². The molecule has 0 spiro atoms. The summed E-state index contributed by atoms with van der Waals surface area (Å²) in [6, 6.07) is 9.66. The number of hydrogen-bond donors (Lipinski definition) is 1. The van der Waals surface area contributed by atoms with Gasteiger partial charge in [-0.3, -0.25) is 9.59 Å². The molecule has 1 aromatic carbocycles. The molecule has 1 aliphatic heterocycles. The Balaban J connectivity index is 1.95. The molecule has 1 aliphatic rings. The summed E-state index contributed by atoms with van der Waals surface area (Å²) in [5.74, 6) is -0.0326. The van der Waals surface area contributed by atoms with Gasteiger partial charge in [0.15, 0.2) is 0 Å². The maximum absolute atomic E-state index is 12.0. The lowest BCUT2D eigenvalue weighted by Crippen LogP contribution is -2.43. The van der Waals surface area contributed by atoms with Crippen molar-refractivity contribution in [2.24, 2.45) is 0 Å². The molecule has 2 rings (SSSR count). The average molecular weight is 246 g/mol. The minimum atomic E-state index is -0.407. The minimum Gasteiger partial charge on any atom is -0.345 e. The fourth-order valence-corrected chi connectivity index (χ4v) is 2.13. The van der Waals surface area contributed by atoms with Crippen LogP contribution in [0, 0.1) is 0 Å². The molecule has 4 heteroatoms. The molecule has 0 radical (unpaired) electrons. The van der Waals surface area contributed by atoms with Crippen LogP contribution < -0.4 is 5.32 Å². The monoisotopic (exact) mass is 246 g/mol.